The molecule has 0 fully saturated rings. The van der Waals surface area contributed by atoms with E-state index in [9.17, 15) is 4.79 Å². The fourth-order valence-electron chi connectivity index (χ4n) is 0.854. The monoisotopic (exact) mass is 188 g/mol. The van der Waals surface area contributed by atoms with Gasteiger partial charge in [0.25, 0.3) is 0 Å². The third kappa shape index (κ3) is 6.71. The number of rotatable bonds is 6. The van der Waals surface area contributed by atoms with Crippen molar-refractivity contribution in [3.05, 3.63) is 0 Å². The summed E-state index contributed by atoms with van der Waals surface area (Å²) in [5, 5.41) is 0.694. The predicted molar refractivity (Wildman–Crippen MR) is 56.7 cm³/mol. The van der Waals surface area contributed by atoms with Gasteiger partial charge >= 0.3 is 0 Å². The summed E-state index contributed by atoms with van der Waals surface area (Å²) in [6.45, 7) is 8.32. The van der Waals surface area contributed by atoms with Crippen LogP contribution < -0.4 is 0 Å². The summed E-state index contributed by atoms with van der Waals surface area (Å²) >= 11 is 1.93. The molecule has 72 valence electrons. The lowest BCUT2D eigenvalue weighted by Crippen LogP contribution is -2.06. The molecule has 0 aromatic rings. The van der Waals surface area contributed by atoms with Crippen LogP contribution in [-0.4, -0.2) is 16.8 Å². The highest BCUT2D eigenvalue weighted by Crippen LogP contribution is 2.12. The van der Waals surface area contributed by atoms with Gasteiger partial charge in [0, 0.05) is 12.3 Å². The number of hydrogen-bond acceptors (Lipinski definition) is 2. The number of ketones is 1. The van der Waals surface area contributed by atoms with Crippen molar-refractivity contribution in [3.63, 3.8) is 0 Å². The minimum Gasteiger partial charge on any atom is -0.299 e. The number of Topliss-reactive ketones (excluding diaryl/α,β-unsaturated/α-hetero) is 1. The molecule has 0 heterocycles. The second kappa shape index (κ2) is 6.53. The summed E-state index contributed by atoms with van der Waals surface area (Å²) in [6, 6.07) is 0. The van der Waals surface area contributed by atoms with E-state index in [0.29, 0.717) is 11.0 Å². The number of carbonyl (C=O) groups excluding carboxylic acids is 1. The normalized spacial score (nSPS) is 11.2. The molecule has 2 heteroatoms. The maximum Gasteiger partial charge on any atom is 0.135 e. The summed E-state index contributed by atoms with van der Waals surface area (Å²) in [6.07, 6.45) is 1.80. The molecule has 0 spiro atoms. The van der Waals surface area contributed by atoms with E-state index in [1.54, 1.807) is 0 Å². The zero-order valence-corrected chi connectivity index (χ0v) is 9.41. The highest BCUT2D eigenvalue weighted by molar-refractivity contribution is 7.99. The van der Waals surface area contributed by atoms with Gasteiger partial charge in [0.15, 0.2) is 0 Å². The van der Waals surface area contributed by atoms with Crippen molar-refractivity contribution in [1.29, 1.82) is 0 Å². The molecule has 0 aliphatic carbocycles. The molecular weight excluding hydrogens is 168 g/mol. The number of hydrogen-bond donors (Lipinski definition) is 0. The molecule has 0 rings (SSSR count). The van der Waals surface area contributed by atoms with Gasteiger partial charge in [-0.15, -0.1) is 0 Å². The van der Waals surface area contributed by atoms with Crippen LogP contribution in [0.15, 0.2) is 0 Å². The first-order valence-electron chi connectivity index (χ1n) is 4.68. The van der Waals surface area contributed by atoms with E-state index >= 15 is 0 Å². The second-order valence-corrected chi connectivity index (χ2v) is 5.33. The third-order valence-electron chi connectivity index (χ3n) is 1.66. The summed E-state index contributed by atoms with van der Waals surface area (Å²) in [7, 11) is 0. The molecule has 0 amide bonds. The van der Waals surface area contributed by atoms with Crippen LogP contribution in [0.1, 0.15) is 40.5 Å². The molecule has 0 bridgehead atoms. The lowest BCUT2D eigenvalue weighted by atomic mass is 10.1. The molecule has 0 radical (unpaired) electrons. The molecule has 0 aromatic carbocycles. The summed E-state index contributed by atoms with van der Waals surface area (Å²) in [5.74, 6) is 1.74. The van der Waals surface area contributed by atoms with E-state index in [1.165, 1.54) is 0 Å². The Balaban J connectivity index is 3.26. The number of thioether (sulfide) groups is 1. The van der Waals surface area contributed by atoms with Crippen molar-refractivity contribution >= 4 is 17.5 Å². The lowest BCUT2D eigenvalue weighted by Gasteiger charge is -2.05. The van der Waals surface area contributed by atoms with Crippen LogP contribution in [0.3, 0.4) is 0 Å². The van der Waals surface area contributed by atoms with Gasteiger partial charge < -0.3 is 0 Å². The van der Waals surface area contributed by atoms with Gasteiger partial charge in [-0.1, -0.05) is 27.7 Å². The molecule has 0 saturated heterocycles. The average molecular weight is 188 g/mol. The van der Waals surface area contributed by atoms with E-state index in [4.69, 9.17) is 0 Å². The minimum atomic E-state index is 0.217. The van der Waals surface area contributed by atoms with Gasteiger partial charge in [0.2, 0.25) is 0 Å². The molecular formula is C10H20OS. The molecule has 0 atom stereocenters. The molecule has 0 aromatic heterocycles. The molecule has 0 saturated carbocycles. The molecule has 0 aliphatic heterocycles. The van der Waals surface area contributed by atoms with Crippen LogP contribution in [0.25, 0.3) is 0 Å². The number of carbonyl (C=O) groups is 1. The molecule has 12 heavy (non-hydrogen) atoms. The standard InChI is InChI=1S/C10H20OS/c1-8(2)10(11)6-5-7-12-9(3)4/h8-9H,5-7H2,1-4H3. The first-order chi connectivity index (χ1) is 5.54. The van der Waals surface area contributed by atoms with E-state index in [0.717, 1.165) is 18.6 Å². The Morgan fingerprint density at radius 2 is 1.83 bits per heavy atom. The van der Waals surface area contributed by atoms with Crippen LogP contribution in [0.5, 0.6) is 0 Å². The van der Waals surface area contributed by atoms with Crippen molar-refractivity contribution in [2.75, 3.05) is 5.75 Å². The topological polar surface area (TPSA) is 17.1 Å². The Bertz CT molecular complexity index is 130. The van der Waals surface area contributed by atoms with Gasteiger partial charge in [-0.25, -0.2) is 0 Å². The van der Waals surface area contributed by atoms with Crippen molar-refractivity contribution < 1.29 is 4.79 Å². The van der Waals surface area contributed by atoms with Gasteiger partial charge in [0.05, 0.1) is 0 Å². The van der Waals surface area contributed by atoms with Crippen molar-refractivity contribution in [2.24, 2.45) is 5.92 Å². The Labute approximate surface area is 80.3 Å². The van der Waals surface area contributed by atoms with Gasteiger partial charge in [-0.2, -0.15) is 11.8 Å². The largest absolute Gasteiger partial charge is 0.299 e. The van der Waals surface area contributed by atoms with Crippen LogP contribution in [0.4, 0.5) is 0 Å². The van der Waals surface area contributed by atoms with Gasteiger partial charge in [-0.3, -0.25) is 4.79 Å². The molecule has 0 N–H and O–H groups in total. The van der Waals surface area contributed by atoms with Crippen molar-refractivity contribution in [3.8, 4) is 0 Å². The summed E-state index contributed by atoms with van der Waals surface area (Å²) < 4.78 is 0. The van der Waals surface area contributed by atoms with E-state index in [-0.39, 0.29) is 5.92 Å². The summed E-state index contributed by atoms with van der Waals surface area (Å²) in [5.41, 5.74) is 0. The molecule has 0 aliphatic rings. The second-order valence-electron chi connectivity index (χ2n) is 3.64. The molecule has 0 unspecified atom stereocenters. The maximum atomic E-state index is 11.2. The molecule has 1 nitrogen and oxygen atoms in total. The maximum absolute atomic E-state index is 11.2. The Hall–Kier alpha value is 0.0200. The van der Waals surface area contributed by atoms with Crippen LogP contribution in [0.2, 0.25) is 0 Å². The van der Waals surface area contributed by atoms with E-state index < -0.39 is 0 Å². The van der Waals surface area contributed by atoms with Crippen molar-refractivity contribution in [2.45, 2.75) is 45.8 Å². The van der Waals surface area contributed by atoms with Crippen LogP contribution in [0, 0.1) is 5.92 Å². The third-order valence-corrected chi connectivity index (χ3v) is 2.85. The Morgan fingerprint density at radius 3 is 2.25 bits per heavy atom. The highest BCUT2D eigenvalue weighted by atomic mass is 32.2. The lowest BCUT2D eigenvalue weighted by molar-refractivity contribution is -0.121. The van der Waals surface area contributed by atoms with Crippen molar-refractivity contribution in [1.82, 2.24) is 0 Å². The Kier molecular flexibility index (Phi) is 6.54. The smallest absolute Gasteiger partial charge is 0.135 e. The predicted octanol–water partition coefficient (Wildman–Crippen LogP) is 3.13. The minimum absolute atomic E-state index is 0.217. The quantitative estimate of drug-likeness (QED) is 0.596. The Morgan fingerprint density at radius 1 is 1.25 bits per heavy atom. The highest BCUT2D eigenvalue weighted by Gasteiger charge is 2.06. The fraction of sp³-hybridized carbons (Fsp3) is 0.900. The first kappa shape index (κ1) is 12.0. The van der Waals surface area contributed by atoms with E-state index in [2.05, 4.69) is 13.8 Å². The van der Waals surface area contributed by atoms with Gasteiger partial charge in [0.1, 0.15) is 5.78 Å². The van der Waals surface area contributed by atoms with Crippen LogP contribution >= 0.6 is 11.8 Å². The van der Waals surface area contributed by atoms with Crippen LogP contribution in [-0.2, 0) is 4.79 Å². The average Bonchev–Trinajstić information content (AvgIpc) is 1.97. The fourth-order valence-corrected chi connectivity index (χ4v) is 1.64. The van der Waals surface area contributed by atoms with E-state index in [1.807, 2.05) is 25.6 Å². The van der Waals surface area contributed by atoms with Gasteiger partial charge in [-0.05, 0) is 17.4 Å². The first-order valence-corrected chi connectivity index (χ1v) is 5.73. The zero-order valence-electron chi connectivity index (χ0n) is 8.59. The zero-order chi connectivity index (χ0) is 9.56. The summed E-state index contributed by atoms with van der Waals surface area (Å²) in [4.78, 5) is 11.2. The SMILES string of the molecule is CC(C)SCCCC(=O)C(C)C.